The van der Waals surface area contributed by atoms with Gasteiger partial charge in [0.1, 0.15) is 4.83 Å². The van der Waals surface area contributed by atoms with Crippen LogP contribution >= 0.6 is 39.1 Å². The lowest BCUT2D eigenvalue weighted by Crippen LogP contribution is -2.15. The first-order chi connectivity index (χ1) is 6.32. The highest BCUT2D eigenvalue weighted by Gasteiger charge is 2.39. The summed E-state index contributed by atoms with van der Waals surface area (Å²) < 4.78 is 36.9. The van der Waals surface area contributed by atoms with E-state index in [1.54, 1.807) is 0 Å². The van der Waals surface area contributed by atoms with E-state index in [1.807, 2.05) is 0 Å². The molecule has 6 heteroatoms. The first-order valence-electron chi connectivity index (χ1n) is 3.48. The van der Waals surface area contributed by atoms with Crippen LogP contribution < -0.4 is 0 Å². The number of hydrogen-bond acceptors (Lipinski definition) is 0. The van der Waals surface area contributed by atoms with Gasteiger partial charge in [0.25, 0.3) is 0 Å². The summed E-state index contributed by atoms with van der Waals surface area (Å²) in [6, 6.07) is 3.96. The number of alkyl halides is 4. The molecule has 1 atom stereocenters. The van der Waals surface area contributed by atoms with Crippen LogP contribution in [0, 0.1) is 0 Å². The van der Waals surface area contributed by atoms with E-state index < -0.39 is 11.0 Å². The van der Waals surface area contributed by atoms with E-state index in [1.165, 1.54) is 18.2 Å². The summed E-state index contributed by atoms with van der Waals surface area (Å²) in [7, 11) is 0. The fraction of sp³-hybridized carbons (Fsp3) is 0.250. The average molecular weight is 308 g/mol. The van der Waals surface area contributed by atoms with E-state index in [0.29, 0.717) is 0 Å². The topological polar surface area (TPSA) is 0 Å². The highest BCUT2D eigenvalue weighted by molar-refractivity contribution is 9.09. The molecule has 0 fully saturated rings. The van der Waals surface area contributed by atoms with E-state index in [-0.39, 0.29) is 15.6 Å². The normalized spacial score (nSPS) is 14.1. The third-order valence-corrected chi connectivity index (χ3v) is 3.11. The first kappa shape index (κ1) is 12.1. The second-order valence-corrected chi connectivity index (χ2v) is 4.33. The van der Waals surface area contributed by atoms with Crippen LogP contribution in [0.1, 0.15) is 10.4 Å². The standard InChI is InChI=1S/C8H4BrCl2F3/c9-7(8(12,13)14)5-3-4(10)1-2-6(5)11/h1-3,7H. The van der Waals surface area contributed by atoms with Gasteiger partial charge in [-0.2, -0.15) is 13.2 Å². The van der Waals surface area contributed by atoms with Crippen molar-refractivity contribution in [2.45, 2.75) is 11.0 Å². The summed E-state index contributed by atoms with van der Waals surface area (Å²) in [5.74, 6) is 0. The molecule has 0 saturated heterocycles. The molecule has 1 aromatic rings. The Balaban J connectivity index is 3.12. The molecule has 0 radical (unpaired) electrons. The van der Waals surface area contributed by atoms with E-state index in [2.05, 4.69) is 15.9 Å². The fourth-order valence-electron chi connectivity index (χ4n) is 0.885. The van der Waals surface area contributed by atoms with Crippen LogP contribution in [0.3, 0.4) is 0 Å². The second-order valence-electron chi connectivity index (χ2n) is 2.57. The number of benzene rings is 1. The Labute approximate surface area is 97.1 Å². The molecule has 1 aromatic carbocycles. The summed E-state index contributed by atoms with van der Waals surface area (Å²) in [5.41, 5.74) is -0.0772. The summed E-state index contributed by atoms with van der Waals surface area (Å²) in [4.78, 5) is -1.79. The van der Waals surface area contributed by atoms with E-state index in [0.717, 1.165) is 0 Å². The lowest BCUT2D eigenvalue weighted by atomic mass is 10.1. The molecule has 0 aliphatic heterocycles. The Kier molecular flexibility index (Phi) is 3.72. The van der Waals surface area contributed by atoms with Crippen molar-refractivity contribution in [3.63, 3.8) is 0 Å². The zero-order valence-electron chi connectivity index (χ0n) is 6.58. The lowest BCUT2D eigenvalue weighted by molar-refractivity contribution is -0.128. The van der Waals surface area contributed by atoms with Crippen LogP contribution in [-0.2, 0) is 0 Å². The van der Waals surface area contributed by atoms with Gasteiger partial charge in [-0.1, -0.05) is 39.1 Å². The van der Waals surface area contributed by atoms with Gasteiger partial charge in [-0.3, -0.25) is 0 Å². The maximum atomic E-state index is 12.3. The van der Waals surface area contributed by atoms with Crippen LogP contribution in [0.2, 0.25) is 10.0 Å². The largest absolute Gasteiger partial charge is 0.405 e. The van der Waals surface area contributed by atoms with Crippen molar-refractivity contribution in [3.05, 3.63) is 33.8 Å². The first-order valence-corrected chi connectivity index (χ1v) is 5.15. The van der Waals surface area contributed by atoms with Crippen molar-refractivity contribution in [1.82, 2.24) is 0 Å². The van der Waals surface area contributed by atoms with Crippen LogP contribution in [0.4, 0.5) is 13.2 Å². The third-order valence-electron chi connectivity index (χ3n) is 1.52. The molecule has 0 nitrogen and oxygen atoms in total. The van der Waals surface area contributed by atoms with Crippen LogP contribution in [0.15, 0.2) is 18.2 Å². The van der Waals surface area contributed by atoms with Crippen LogP contribution in [0.5, 0.6) is 0 Å². The summed E-state index contributed by atoms with van der Waals surface area (Å²) in [6.45, 7) is 0. The smallest absolute Gasteiger partial charge is 0.169 e. The van der Waals surface area contributed by atoms with Crippen molar-refractivity contribution in [1.29, 1.82) is 0 Å². The number of hydrogen-bond donors (Lipinski definition) is 0. The predicted octanol–water partition coefficient (Wildman–Crippen LogP) is 4.99. The molecule has 0 aliphatic carbocycles. The molecule has 0 bridgehead atoms. The molecule has 14 heavy (non-hydrogen) atoms. The fourth-order valence-corrected chi connectivity index (χ4v) is 1.80. The average Bonchev–Trinajstić information content (AvgIpc) is 2.06. The van der Waals surface area contributed by atoms with Gasteiger partial charge in [0, 0.05) is 10.0 Å². The molecule has 0 heterocycles. The minimum atomic E-state index is -4.38. The van der Waals surface area contributed by atoms with Crippen molar-refractivity contribution >= 4 is 39.1 Å². The Morgan fingerprint density at radius 1 is 1.21 bits per heavy atom. The highest BCUT2D eigenvalue weighted by atomic mass is 79.9. The number of rotatable bonds is 1. The van der Waals surface area contributed by atoms with Crippen LogP contribution in [0.25, 0.3) is 0 Å². The van der Waals surface area contributed by atoms with Gasteiger partial charge in [-0.05, 0) is 23.8 Å². The van der Waals surface area contributed by atoms with Crippen molar-refractivity contribution in [3.8, 4) is 0 Å². The van der Waals surface area contributed by atoms with Crippen LogP contribution in [-0.4, -0.2) is 6.18 Å². The SMILES string of the molecule is FC(F)(F)C(Br)c1cc(Cl)ccc1Cl. The van der Waals surface area contributed by atoms with Gasteiger partial charge in [-0.15, -0.1) is 0 Å². The Bertz CT molecular complexity index is 338. The van der Waals surface area contributed by atoms with Gasteiger partial charge < -0.3 is 0 Å². The molecule has 1 unspecified atom stereocenters. The van der Waals surface area contributed by atoms with Crippen molar-refractivity contribution < 1.29 is 13.2 Å². The van der Waals surface area contributed by atoms with Gasteiger partial charge in [0.05, 0.1) is 0 Å². The molecule has 0 N–H and O–H groups in total. The minimum absolute atomic E-state index is 0.0357. The monoisotopic (exact) mass is 306 g/mol. The van der Waals surface area contributed by atoms with Crippen molar-refractivity contribution in [2.75, 3.05) is 0 Å². The minimum Gasteiger partial charge on any atom is -0.169 e. The second kappa shape index (κ2) is 4.29. The highest BCUT2D eigenvalue weighted by Crippen LogP contribution is 2.42. The van der Waals surface area contributed by atoms with E-state index in [9.17, 15) is 13.2 Å². The summed E-state index contributed by atoms with van der Waals surface area (Å²) in [6.07, 6.45) is -4.38. The summed E-state index contributed by atoms with van der Waals surface area (Å²) in [5, 5.41) is 0.256. The molecule has 0 amide bonds. The summed E-state index contributed by atoms with van der Waals surface area (Å²) >= 11 is 13.7. The van der Waals surface area contributed by atoms with Gasteiger partial charge >= 0.3 is 6.18 Å². The predicted molar refractivity (Wildman–Crippen MR) is 54.2 cm³/mol. The number of halogens is 6. The van der Waals surface area contributed by atoms with Gasteiger partial charge in [-0.25, -0.2) is 0 Å². The van der Waals surface area contributed by atoms with E-state index >= 15 is 0 Å². The van der Waals surface area contributed by atoms with Gasteiger partial charge in [0.2, 0.25) is 0 Å². The lowest BCUT2D eigenvalue weighted by Gasteiger charge is -2.15. The zero-order valence-corrected chi connectivity index (χ0v) is 9.68. The maximum absolute atomic E-state index is 12.3. The molecule has 0 aromatic heterocycles. The van der Waals surface area contributed by atoms with Gasteiger partial charge in [0.15, 0.2) is 0 Å². The molecular weight excluding hydrogens is 304 g/mol. The molecule has 0 saturated carbocycles. The van der Waals surface area contributed by atoms with E-state index in [4.69, 9.17) is 23.2 Å². The zero-order chi connectivity index (χ0) is 10.9. The maximum Gasteiger partial charge on any atom is 0.405 e. The molecule has 0 spiro atoms. The Morgan fingerprint density at radius 3 is 2.29 bits per heavy atom. The van der Waals surface area contributed by atoms with Crippen molar-refractivity contribution in [2.24, 2.45) is 0 Å². The Hall–Kier alpha value is 0.0700. The third kappa shape index (κ3) is 2.78. The quantitative estimate of drug-likeness (QED) is 0.641. The molecular formula is C8H4BrCl2F3. The molecule has 1 rings (SSSR count). The molecule has 0 aliphatic rings. The Morgan fingerprint density at radius 2 is 1.79 bits per heavy atom. The molecule has 78 valence electrons.